The van der Waals surface area contributed by atoms with E-state index in [1.54, 1.807) is 38.1 Å². The molecular weight excluding hydrogens is 585 g/mol. The van der Waals surface area contributed by atoms with Gasteiger partial charge in [0.25, 0.3) is 0 Å². The molecule has 43 heavy (non-hydrogen) atoms. The molecule has 0 fully saturated rings. The summed E-state index contributed by atoms with van der Waals surface area (Å²) < 4.78 is 31.7. The maximum atomic E-state index is 12.5. The largest absolute Gasteiger partial charge is 0.490 e. The van der Waals surface area contributed by atoms with Crippen molar-refractivity contribution >= 4 is 53.4 Å². The van der Waals surface area contributed by atoms with Crippen LogP contribution in [0.5, 0.6) is 0 Å². The van der Waals surface area contributed by atoms with Crippen LogP contribution in [0.4, 0.5) is 18.9 Å². The number of benzene rings is 1. The van der Waals surface area contributed by atoms with E-state index in [-0.39, 0.29) is 18.3 Å². The number of carbonyl (C=O) groups is 6. The lowest BCUT2D eigenvalue weighted by atomic mass is 10.0. The molecule has 0 heterocycles. The minimum absolute atomic E-state index is 0.0530. The Balaban J connectivity index is 0.00000223. The molecule has 0 aliphatic carbocycles. The molecule has 0 radical (unpaired) electrons. The molecule has 3 amide bonds. The lowest BCUT2D eigenvalue weighted by Gasteiger charge is -2.22. The van der Waals surface area contributed by atoms with E-state index < -0.39 is 66.9 Å². The van der Waals surface area contributed by atoms with E-state index in [2.05, 4.69) is 15.6 Å². The number of carboxylic acids is 3. The number of carboxylic acid groups (broad SMARTS) is 3. The Morgan fingerprint density at radius 3 is 1.93 bits per heavy atom. The topological polar surface area (TPSA) is 255 Å². The Labute approximate surface area is 243 Å². The molecule has 0 bridgehead atoms. The summed E-state index contributed by atoms with van der Waals surface area (Å²) in [7, 11) is 1.35. The molecule has 0 saturated carbocycles. The zero-order chi connectivity index (χ0) is 33.5. The zero-order valence-corrected chi connectivity index (χ0v) is 23.3. The van der Waals surface area contributed by atoms with Gasteiger partial charge in [0.15, 0.2) is 5.96 Å². The van der Waals surface area contributed by atoms with Crippen molar-refractivity contribution in [1.29, 1.82) is 0 Å². The van der Waals surface area contributed by atoms with Crippen molar-refractivity contribution in [2.45, 2.75) is 44.9 Å². The molecule has 0 unspecified atom stereocenters. The number of rotatable bonds is 13. The number of nitrogens with one attached hydrogen (secondary N) is 2. The van der Waals surface area contributed by atoms with Crippen molar-refractivity contribution in [3.63, 3.8) is 0 Å². The highest BCUT2D eigenvalue weighted by atomic mass is 19.4. The number of amides is 3. The van der Waals surface area contributed by atoms with Crippen LogP contribution in [0, 0.1) is 5.92 Å². The Kier molecular flexibility index (Phi) is 15.5. The highest BCUT2D eigenvalue weighted by Crippen LogP contribution is 2.14. The smallest absolute Gasteiger partial charge is 0.481 e. The first-order chi connectivity index (χ1) is 19.7. The molecule has 1 rings (SSSR count). The number of aliphatic imine (C=N–C) groups is 1. The average Bonchev–Trinajstić information content (AvgIpc) is 2.86. The predicted octanol–water partition coefficient (Wildman–Crippen LogP) is 0.271. The van der Waals surface area contributed by atoms with Crippen molar-refractivity contribution in [2.75, 3.05) is 13.6 Å². The summed E-state index contributed by atoms with van der Waals surface area (Å²) in [5.74, 6) is -7.82. The second-order valence-corrected chi connectivity index (χ2v) is 9.21. The third-order valence-electron chi connectivity index (χ3n) is 4.92. The van der Waals surface area contributed by atoms with Gasteiger partial charge in [-0.1, -0.05) is 26.0 Å². The number of nitrogens with zero attached hydrogens (tertiary/aromatic N) is 2. The van der Waals surface area contributed by atoms with Crippen molar-refractivity contribution in [3.05, 3.63) is 35.9 Å². The Morgan fingerprint density at radius 1 is 0.977 bits per heavy atom. The van der Waals surface area contributed by atoms with E-state index in [1.807, 2.05) is 0 Å². The van der Waals surface area contributed by atoms with Crippen LogP contribution in [0.15, 0.2) is 35.3 Å². The fourth-order valence-corrected chi connectivity index (χ4v) is 2.99. The SMILES string of the molecule is CC(C)C[C@H](NC(=O)[C@H](CC(=O)O)NC(=O)CN(C)C(=O)C=Cc1ccc(N=C(N)N)cc1)C(=O)O.O=C(O)C(F)(F)F. The number of aliphatic carboxylic acids is 3. The minimum Gasteiger partial charge on any atom is -0.481 e. The van der Waals surface area contributed by atoms with Crippen molar-refractivity contribution in [1.82, 2.24) is 15.5 Å². The van der Waals surface area contributed by atoms with Gasteiger partial charge in [0.1, 0.15) is 12.1 Å². The van der Waals surface area contributed by atoms with Gasteiger partial charge in [-0.2, -0.15) is 13.2 Å². The van der Waals surface area contributed by atoms with Crippen LogP contribution in [0.3, 0.4) is 0 Å². The Bertz CT molecular complexity index is 1210. The molecule has 15 nitrogen and oxygen atoms in total. The van der Waals surface area contributed by atoms with Crippen LogP contribution in [0.1, 0.15) is 32.3 Å². The molecule has 1 aromatic carbocycles. The summed E-state index contributed by atoms with van der Waals surface area (Å²) in [6.07, 6.45) is -2.99. The Morgan fingerprint density at radius 2 is 1.51 bits per heavy atom. The van der Waals surface area contributed by atoms with E-state index in [9.17, 15) is 42.3 Å². The summed E-state index contributed by atoms with van der Waals surface area (Å²) in [5.41, 5.74) is 11.8. The normalized spacial score (nSPS) is 12.3. The van der Waals surface area contributed by atoms with Gasteiger partial charge in [-0.05, 0) is 36.1 Å². The monoisotopic (exact) mass is 618 g/mol. The molecule has 238 valence electrons. The van der Waals surface area contributed by atoms with Crippen LogP contribution < -0.4 is 22.1 Å². The third-order valence-corrected chi connectivity index (χ3v) is 4.92. The summed E-state index contributed by atoms with van der Waals surface area (Å²) >= 11 is 0. The molecule has 1 aromatic rings. The van der Waals surface area contributed by atoms with E-state index in [1.165, 1.54) is 19.2 Å². The molecule has 9 N–H and O–H groups in total. The van der Waals surface area contributed by atoms with Gasteiger partial charge in [0.05, 0.1) is 18.7 Å². The Hall–Kier alpha value is -5.16. The number of hydrogen-bond acceptors (Lipinski definition) is 7. The van der Waals surface area contributed by atoms with Gasteiger partial charge < -0.3 is 42.3 Å². The quantitative estimate of drug-likeness (QED) is 0.0897. The second-order valence-electron chi connectivity index (χ2n) is 9.21. The van der Waals surface area contributed by atoms with Crippen LogP contribution in [0.25, 0.3) is 6.08 Å². The molecule has 0 saturated heterocycles. The van der Waals surface area contributed by atoms with E-state index in [4.69, 9.17) is 26.5 Å². The predicted molar refractivity (Wildman–Crippen MR) is 145 cm³/mol. The van der Waals surface area contributed by atoms with Crippen molar-refractivity contribution in [2.24, 2.45) is 22.4 Å². The van der Waals surface area contributed by atoms with Gasteiger partial charge in [-0.3, -0.25) is 19.2 Å². The molecule has 0 aromatic heterocycles. The number of halogens is 3. The van der Waals surface area contributed by atoms with E-state index >= 15 is 0 Å². The van der Waals surface area contributed by atoms with Gasteiger partial charge in [-0.25, -0.2) is 14.6 Å². The highest BCUT2D eigenvalue weighted by Gasteiger charge is 2.38. The van der Waals surface area contributed by atoms with Gasteiger partial charge >= 0.3 is 24.1 Å². The number of hydrogen-bond donors (Lipinski definition) is 7. The molecule has 0 spiro atoms. The third kappa shape index (κ3) is 16.6. The number of guanidine groups is 1. The minimum atomic E-state index is -5.08. The maximum Gasteiger partial charge on any atom is 0.490 e. The molecular formula is C25H33F3N6O9. The van der Waals surface area contributed by atoms with Crippen molar-refractivity contribution < 1.29 is 57.3 Å². The van der Waals surface area contributed by atoms with Crippen LogP contribution in [-0.2, 0) is 28.8 Å². The van der Waals surface area contributed by atoms with Crippen molar-refractivity contribution in [3.8, 4) is 0 Å². The van der Waals surface area contributed by atoms with Gasteiger partial charge in [0, 0.05) is 13.1 Å². The number of nitrogens with two attached hydrogens (primary N) is 2. The molecule has 18 heteroatoms. The fourth-order valence-electron chi connectivity index (χ4n) is 2.99. The fraction of sp³-hybridized carbons (Fsp3) is 0.400. The summed E-state index contributed by atoms with van der Waals surface area (Å²) in [5, 5.41) is 30.0. The van der Waals surface area contributed by atoms with Gasteiger partial charge in [-0.15, -0.1) is 0 Å². The number of likely N-dealkylation sites (N-methyl/N-ethyl adjacent to an activating group) is 1. The van der Waals surface area contributed by atoms with Crippen LogP contribution >= 0.6 is 0 Å². The average molecular weight is 619 g/mol. The lowest BCUT2D eigenvalue weighted by Crippen LogP contribution is -2.54. The zero-order valence-electron chi connectivity index (χ0n) is 23.3. The first-order valence-electron chi connectivity index (χ1n) is 12.2. The number of alkyl halides is 3. The van der Waals surface area contributed by atoms with Crippen LogP contribution in [0.2, 0.25) is 0 Å². The summed E-state index contributed by atoms with van der Waals surface area (Å²) in [6, 6.07) is 3.88. The second kappa shape index (κ2) is 17.6. The highest BCUT2D eigenvalue weighted by molar-refractivity contribution is 5.96. The standard InChI is InChI=1S/C23H32N6O7.C2HF3O2/c1-13(2)10-17(22(35)36)28-21(34)16(11-20(32)33)27-18(30)12-29(3)19(31)9-6-14-4-7-15(8-5-14)26-23(24)25;3-2(4,5)1(6)7/h4-9,13,16-17H,10-12H2,1-3H3,(H,27,30)(H,28,34)(H,32,33)(H,35,36)(H4,24,25,26);(H,6,7)/t16-,17-;/m0./s1. The van der Waals surface area contributed by atoms with E-state index in [0.717, 1.165) is 4.90 Å². The first-order valence-corrected chi connectivity index (χ1v) is 12.2. The lowest BCUT2D eigenvalue weighted by molar-refractivity contribution is -0.192. The molecule has 2 atom stereocenters. The van der Waals surface area contributed by atoms with E-state index in [0.29, 0.717) is 11.3 Å². The molecule has 0 aliphatic heterocycles. The molecule has 0 aliphatic rings. The summed E-state index contributed by atoms with van der Waals surface area (Å²) in [6.45, 7) is 3.06. The summed E-state index contributed by atoms with van der Waals surface area (Å²) in [4.78, 5) is 73.7. The number of carbonyl (C=O) groups excluding carboxylic acids is 3. The van der Waals surface area contributed by atoms with Crippen LogP contribution in [-0.4, -0.2) is 93.7 Å². The first kappa shape index (κ1) is 37.8. The maximum absolute atomic E-state index is 12.5. The van der Waals surface area contributed by atoms with Gasteiger partial charge in [0.2, 0.25) is 17.7 Å².